The Bertz CT molecular complexity index is 700. The average Bonchev–Trinajstić information content (AvgIpc) is 3.38. The van der Waals surface area contributed by atoms with E-state index in [1.165, 1.54) is 12.7 Å². The highest BCUT2D eigenvalue weighted by atomic mass is 16.4. The number of carboxylic acids is 2. The highest BCUT2D eigenvalue weighted by Gasteiger charge is 2.13. The number of hydrogen-bond acceptors (Lipinski definition) is 7. The standard InChI is InChI=1S/2C6H9N3O2.C5H5N/c2*7-5(6(10)11)1-4-2-8-3-9-4;1-2-4-6-5-3-1/h2*2-3,5H,1,7H2,(H,8,9)(H,10,11);1-5H. The summed E-state index contributed by atoms with van der Waals surface area (Å²) in [4.78, 5) is 37.4. The lowest BCUT2D eigenvalue weighted by molar-refractivity contribution is -0.139. The van der Waals surface area contributed by atoms with E-state index in [-0.39, 0.29) is 12.8 Å². The quantitative estimate of drug-likeness (QED) is 0.331. The van der Waals surface area contributed by atoms with Crippen LogP contribution in [0.25, 0.3) is 0 Å². The normalized spacial score (nSPS) is 11.8. The van der Waals surface area contributed by atoms with Crippen molar-refractivity contribution in [2.75, 3.05) is 0 Å². The minimum atomic E-state index is -1.01. The van der Waals surface area contributed by atoms with Crippen LogP contribution in [0.4, 0.5) is 0 Å². The molecule has 0 radical (unpaired) electrons. The van der Waals surface area contributed by atoms with Gasteiger partial charge in [-0.15, -0.1) is 0 Å². The fraction of sp³-hybridized carbons (Fsp3) is 0.235. The first-order valence-corrected chi connectivity index (χ1v) is 8.17. The number of aliphatic carboxylic acids is 2. The van der Waals surface area contributed by atoms with E-state index in [4.69, 9.17) is 21.7 Å². The average molecular weight is 389 g/mol. The van der Waals surface area contributed by atoms with Gasteiger partial charge in [0.2, 0.25) is 0 Å². The first kappa shape index (κ1) is 22.5. The van der Waals surface area contributed by atoms with Gasteiger partial charge < -0.3 is 31.6 Å². The van der Waals surface area contributed by atoms with Gasteiger partial charge in [-0.2, -0.15) is 0 Å². The number of nitrogens with two attached hydrogens (primary N) is 2. The Labute approximate surface area is 160 Å². The van der Waals surface area contributed by atoms with Crippen LogP contribution >= 0.6 is 0 Å². The molecule has 8 N–H and O–H groups in total. The zero-order valence-corrected chi connectivity index (χ0v) is 15.0. The molecular weight excluding hydrogens is 366 g/mol. The van der Waals surface area contributed by atoms with Gasteiger partial charge in [0.1, 0.15) is 12.1 Å². The summed E-state index contributed by atoms with van der Waals surface area (Å²) in [7, 11) is 0. The van der Waals surface area contributed by atoms with Crippen molar-refractivity contribution in [2.24, 2.45) is 11.5 Å². The SMILES string of the molecule is NC(Cc1c[nH]cn1)C(=O)O.NC(Cc1c[nH]cn1)C(=O)O.c1ccncc1. The molecule has 0 aliphatic rings. The molecule has 0 fully saturated rings. The molecule has 3 rings (SSSR count). The summed E-state index contributed by atoms with van der Waals surface area (Å²) in [5.41, 5.74) is 11.8. The molecule has 3 heterocycles. The van der Waals surface area contributed by atoms with Crippen LogP contribution in [0, 0.1) is 0 Å². The summed E-state index contributed by atoms with van der Waals surface area (Å²) < 4.78 is 0. The number of pyridine rings is 1. The molecule has 0 saturated carbocycles. The van der Waals surface area contributed by atoms with Crippen LogP contribution in [-0.2, 0) is 22.4 Å². The molecule has 11 nitrogen and oxygen atoms in total. The zero-order chi connectivity index (χ0) is 20.8. The van der Waals surface area contributed by atoms with E-state index >= 15 is 0 Å². The summed E-state index contributed by atoms with van der Waals surface area (Å²) in [6, 6.07) is 3.99. The van der Waals surface area contributed by atoms with E-state index in [1.807, 2.05) is 18.2 Å². The third kappa shape index (κ3) is 9.79. The van der Waals surface area contributed by atoms with Crippen molar-refractivity contribution in [3.63, 3.8) is 0 Å². The van der Waals surface area contributed by atoms with Crippen molar-refractivity contribution in [1.82, 2.24) is 24.9 Å². The Hall–Kier alpha value is -3.57. The Balaban J connectivity index is 0.000000219. The Morgan fingerprint density at radius 1 is 0.857 bits per heavy atom. The van der Waals surface area contributed by atoms with Crippen LogP contribution in [0.2, 0.25) is 0 Å². The maximum Gasteiger partial charge on any atom is 0.320 e. The smallest absolute Gasteiger partial charge is 0.320 e. The molecule has 0 spiro atoms. The molecule has 0 aliphatic heterocycles. The third-order valence-electron chi connectivity index (χ3n) is 3.17. The van der Waals surface area contributed by atoms with Gasteiger partial charge in [-0.05, 0) is 12.1 Å². The second kappa shape index (κ2) is 12.7. The molecule has 0 bridgehead atoms. The van der Waals surface area contributed by atoms with E-state index < -0.39 is 24.0 Å². The number of carbonyl (C=O) groups is 2. The number of nitrogens with one attached hydrogen (secondary N) is 2. The van der Waals surface area contributed by atoms with E-state index in [0.717, 1.165) is 0 Å². The first-order chi connectivity index (χ1) is 13.4. The number of carboxylic acid groups (broad SMARTS) is 2. The van der Waals surface area contributed by atoms with Gasteiger partial charge in [0.25, 0.3) is 0 Å². The van der Waals surface area contributed by atoms with Crippen molar-refractivity contribution >= 4 is 11.9 Å². The van der Waals surface area contributed by atoms with Gasteiger partial charge in [0.15, 0.2) is 0 Å². The van der Waals surface area contributed by atoms with Crippen molar-refractivity contribution in [3.8, 4) is 0 Å². The summed E-state index contributed by atoms with van der Waals surface area (Å²) >= 11 is 0. The minimum absolute atomic E-state index is 0.263. The van der Waals surface area contributed by atoms with E-state index in [9.17, 15) is 9.59 Å². The third-order valence-corrected chi connectivity index (χ3v) is 3.17. The van der Waals surface area contributed by atoms with E-state index in [0.29, 0.717) is 11.4 Å². The van der Waals surface area contributed by atoms with Crippen LogP contribution in [0.15, 0.2) is 55.6 Å². The lowest BCUT2D eigenvalue weighted by Gasteiger charge is -2.01. The maximum atomic E-state index is 10.3. The lowest BCUT2D eigenvalue weighted by Crippen LogP contribution is -2.32. The monoisotopic (exact) mass is 389 g/mol. The number of nitrogens with zero attached hydrogens (tertiary/aromatic N) is 3. The summed E-state index contributed by atoms with van der Waals surface area (Å²) in [5.74, 6) is -2.01. The number of hydrogen-bond donors (Lipinski definition) is 6. The number of imidazole rings is 2. The summed E-state index contributed by atoms with van der Waals surface area (Å²) in [6.45, 7) is 0. The fourth-order valence-corrected chi connectivity index (χ4v) is 1.74. The predicted octanol–water partition coefficient (Wildman–Crippen LogP) is -0.190. The molecule has 28 heavy (non-hydrogen) atoms. The fourth-order valence-electron chi connectivity index (χ4n) is 1.74. The zero-order valence-electron chi connectivity index (χ0n) is 15.0. The van der Waals surface area contributed by atoms with Gasteiger partial charge >= 0.3 is 11.9 Å². The van der Waals surface area contributed by atoms with E-state index in [2.05, 4.69) is 24.9 Å². The number of aromatic amines is 2. The molecule has 0 aliphatic carbocycles. The lowest BCUT2D eigenvalue weighted by atomic mass is 10.2. The number of H-pyrrole nitrogens is 2. The van der Waals surface area contributed by atoms with Crippen LogP contribution in [0.3, 0.4) is 0 Å². The topological polar surface area (TPSA) is 197 Å². The molecule has 0 saturated heterocycles. The summed E-state index contributed by atoms with van der Waals surface area (Å²) in [6.07, 6.45) is 10.3. The molecule has 150 valence electrons. The largest absolute Gasteiger partial charge is 0.480 e. The molecule has 2 atom stereocenters. The van der Waals surface area contributed by atoms with Crippen LogP contribution in [0.5, 0.6) is 0 Å². The maximum absolute atomic E-state index is 10.3. The second-order valence-electron chi connectivity index (χ2n) is 5.44. The van der Waals surface area contributed by atoms with Crippen LogP contribution in [0.1, 0.15) is 11.4 Å². The Kier molecular flexibility index (Phi) is 10.2. The Morgan fingerprint density at radius 2 is 1.29 bits per heavy atom. The van der Waals surface area contributed by atoms with Gasteiger partial charge in [0, 0.05) is 37.6 Å². The molecule has 0 aromatic carbocycles. The van der Waals surface area contributed by atoms with Crippen molar-refractivity contribution in [3.05, 3.63) is 67.0 Å². The second-order valence-corrected chi connectivity index (χ2v) is 5.44. The van der Waals surface area contributed by atoms with Crippen LogP contribution < -0.4 is 11.5 Å². The highest BCUT2D eigenvalue weighted by Crippen LogP contribution is 1.96. The van der Waals surface area contributed by atoms with E-state index in [1.54, 1.807) is 24.8 Å². The molecule has 0 amide bonds. The molecule has 11 heteroatoms. The molecule has 2 unspecified atom stereocenters. The highest BCUT2D eigenvalue weighted by molar-refractivity contribution is 5.73. The van der Waals surface area contributed by atoms with Crippen molar-refractivity contribution in [1.29, 1.82) is 0 Å². The van der Waals surface area contributed by atoms with Gasteiger partial charge in [-0.25, -0.2) is 9.97 Å². The van der Waals surface area contributed by atoms with Crippen LogP contribution in [-0.4, -0.2) is 59.2 Å². The van der Waals surface area contributed by atoms with Crippen molar-refractivity contribution < 1.29 is 19.8 Å². The molecular formula is C17H23N7O4. The number of aromatic nitrogens is 5. The molecule has 3 aromatic rings. The number of rotatable bonds is 6. The predicted molar refractivity (Wildman–Crippen MR) is 100 cm³/mol. The van der Waals surface area contributed by atoms with Gasteiger partial charge in [-0.1, -0.05) is 6.07 Å². The summed E-state index contributed by atoms with van der Waals surface area (Å²) in [5, 5.41) is 16.8. The van der Waals surface area contributed by atoms with Crippen molar-refractivity contribution in [2.45, 2.75) is 24.9 Å². The Morgan fingerprint density at radius 3 is 1.50 bits per heavy atom. The minimum Gasteiger partial charge on any atom is -0.480 e. The first-order valence-electron chi connectivity index (χ1n) is 8.17. The molecule has 3 aromatic heterocycles. The van der Waals surface area contributed by atoms with Gasteiger partial charge in [0.05, 0.1) is 24.0 Å². The van der Waals surface area contributed by atoms with Gasteiger partial charge in [-0.3, -0.25) is 14.6 Å².